The van der Waals surface area contributed by atoms with Gasteiger partial charge in [0.05, 0.1) is 5.69 Å². The average Bonchev–Trinajstić information content (AvgIpc) is 3.28. The highest BCUT2D eigenvalue weighted by atomic mass is 19.1. The van der Waals surface area contributed by atoms with Crippen molar-refractivity contribution in [1.82, 2.24) is 15.0 Å². The molecule has 158 valence electrons. The third kappa shape index (κ3) is 3.37. The molecule has 2 aromatic heterocycles. The van der Waals surface area contributed by atoms with Crippen molar-refractivity contribution in [3.8, 4) is 0 Å². The number of aromatic amines is 1. The Kier molecular flexibility index (Phi) is 4.97. The fourth-order valence-electron chi connectivity index (χ4n) is 5.50. The first-order chi connectivity index (χ1) is 14.5. The summed E-state index contributed by atoms with van der Waals surface area (Å²) in [5.41, 5.74) is 5.94. The molecular weight excluding hydrogens is 381 g/mol. The number of nitrogens with zero attached hydrogens (tertiary/aromatic N) is 2. The smallest absolute Gasteiger partial charge is 0.170 e. The average molecular weight is 410 g/mol. The van der Waals surface area contributed by atoms with Gasteiger partial charge in [0.1, 0.15) is 5.82 Å². The van der Waals surface area contributed by atoms with E-state index in [0.29, 0.717) is 29.6 Å². The highest BCUT2D eigenvalue weighted by molar-refractivity contribution is 6.00. The number of ketones is 1. The largest absolute Gasteiger partial charge is 0.362 e. The summed E-state index contributed by atoms with van der Waals surface area (Å²) in [4.78, 5) is 18.8. The molecule has 1 unspecified atom stereocenters. The molecule has 30 heavy (non-hydrogen) atoms. The van der Waals surface area contributed by atoms with Crippen molar-refractivity contribution in [2.75, 3.05) is 19.6 Å². The van der Waals surface area contributed by atoms with Crippen LogP contribution in [0.15, 0.2) is 22.7 Å². The van der Waals surface area contributed by atoms with Gasteiger partial charge in [0.25, 0.3) is 0 Å². The maximum absolute atomic E-state index is 13.4. The van der Waals surface area contributed by atoms with Gasteiger partial charge in [-0.1, -0.05) is 12.1 Å². The van der Waals surface area contributed by atoms with Crippen molar-refractivity contribution in [1.29, 1.82) is 0 Å². The predicted molar refractivity (Wildman–Crippen MR) is 113 cm³/mol. The molecule has 5 rings (SSSR count). The maximum atomic E-state index is 13.4. The van der Waals surface area contributed by atoms with Crippen molar-refractivity contribution in [3.63, 3.8) is 0 Å². The lowest BCUT2D eigenvalue weighted by molar-refractivity contribution is 0.0920. The summed E-state index contributed by atoms with van der Waals surface area (Å²) in [6, 6.07) is 4.65. The molecule has 6 heteroatoms. The van der Waals surface area contributed by atoms with Crippen LogP contribution in [0.1, 0.15) is 65.1 Å². The molecule has 5 nitrogen and oxygen atoms in total. The van der Waals surface area contributed by atoms with E-state index in [2.05, 4.69) is 28.9 Å². The Bertz CT molecular complexity index is 1090. The van der Waals surface area contributed by atoms with Crippen LogP contribution >= 0.6 is 0 Å². The van der Waals surface area contributed by atoms with Gasteiger partial charge >= 0.3 is 0 Å². The molecule has 0 bridgehead atoms. The van der Waals surface area contributed by atoms with Crippen LogP contribution in [0.4, 0.5) is 4.39 Å². The van der Waals surface area contributed by atoms with Crippen molar-refractivity contribution < 1.29 is 13.7 Å². The van der Waals surface area contributed by atoms with Crippen LogP contribution in [-0.4, -0.2) is 40.5 Å². The van der Waals surface area contributed by atoms with E-state index in [-0.39, 0.29) is 5.82 Å². The lowest BCUT2D eigenvalue weighted by Gasteiger charge is -2.34. The predicted octanol–water partition coefficient (Wildman–Crippen LogP) is 4.79. The second-order valence-electron chi connectivity index (χ2n) is 8.92. The zero-order chi connectivity index (χ0) is 20.8. The number of hydrogen-bond donors (Lipinski definition) is 1. The van der Waals surface area contributed by atoms with E-state index in [1.807, 2.05) is 0 Å². The second kappa shape index (κ2) is 7.65. The SMILES string of the molecule is CCc1c(C)[nH]c2c1C(=O)CC(CN1CCC(c3noc4cc(F)ccc34)CC1)C2. The van der Waals surface area contributed by atoms with E-state index in [1.54, 1.807) is 6.07 Å². The van der Waals surface area contributed by atoms with Crippen LogP contribution in [0.3, 0.4) is 0 Å². The number of rotatable bonds is 4. The molecule has 2 aliphatic rings. The molecule has 1 aliphatic carbocycles. The molecule has 1 aromatic carbocycles. The molecule has 3 aromatic rings. The van der Waals surface area contributed by atoms with Gasteiger partial charge < -0.3 is 14.4 Å². The minimum Gasteiger partial charge on any atom is -0.362 e. The monoisotopic (exact) mass is 409 g/mol. The van der Waals surface area contributed by atoms with Gasteiger partial charge in [-0.3, -0.25) is 4.79 Å². The van der Waals surface area contributed by atoms with E-state index in [1.165, 1.54) is 17.7 Å². The van der Waals surface area contributed by atoms with Crippen LogP contribution in [0, 0.1) is 18.7 Å². The normalized spacial score (nSPS) is 20.8. The highest BCUT2D eigenvalue weighted by Gasteiger charge is 2.32. The molecule has 1 saturated heterocycles. The topological polar surface area (TPSA) is 62.1 Å². The molecule has 0 amide bonds. The van der Waals surface area contributed by atoms with Gasteiger partial charge in [-0.15, -0.1) is 0 Å². The summed E-state index contributed by atoms with van der Waals surface area (Å²) in [7, 11) is 0. The molecule has 0 spiro atoms. The van der Waals surface area contributed by atoms with Crippen molar-refractivity contribution in [2.45, 2.75) is 51.9 Å². The molecular formula is C24H28FN3O2. The minimum atomic E-state index is -0.298. The maximum Gasteiger partial charge on any atom is 0.170 e. The van der Waals surface area contributed by atoms with Gasteiger partial charge in [0.2, 0.25) is 0 Å². The Labute approximate surface area is 175 Å². The first-order valence-corrected chi connectivity index (χ1v) is 11.0. The zero-order valence-corrected chi connectivity index (χ0v) is 17.6. The number of Topliss-reactive ketones (excluding diaryl/α,β-unsaturated/α-hetero) is 1. The number of likely N-dealkylation sites (tertiary alicyclic amines) is 1. The van der Waals surface area contributed by atoms with Gasteiger partial charge in [-0.05, 0) is 69.3 Å². The molecule has 0 radical (unpaired) electrons. The number of hydrogen-bond acceptors (Lipinski definition) is 4. The quantitative estimate of drug-likeness (QED) is 0.673. The van der Waals surface area contributed by atoms with Gasteiger partial charge in [-0.2, -0.15) is 0 Å². The lowest BCUT2D eigenvalue weighted by Crippen LogP contribution is -2.38. The number of aromatic nitrogens is 2. The van der Waals surface area contributed by atoms with E-state index in [0.717, 1.165) is 73.3 Å². The minimum absolute atomic E-state index is 0.298. The molecule has 1 atom stereocenters. The van der Waals surface area contributed by atoms with Gasteiger partial charge in [0, 0.05) is 47.3 Å². The van der Waals surface area contributed by atoms with Crippen LogP contribution in [-0.2, 0) is 12.8 Å². The van der Waals surface area contributed by atoms with Crippen LogP contribution < -0.4 is 0 Å². The summed E-state index contributed by atoms with van der Waals surface area (Å²) >= 11 is 0. The van der Waals surface area contributed by atoms with Gasteiger partial charge in [-0.25, -0.2) is 4.39 Å². The summed E-state index contributed by atoms with van der Waals surface area (Å²) < 4.78 is 18.8. The molecule has 1 fully saturated rings. The number of nitrogens with one attached hydrogen (secondary N) is 1. The van der Waals surface area contributed by atoms with E-state index < -0.39 is 0 Å². The Morgan fingerprint density at radius 2 is 2.07 bits per heavy atom. The Hall–Kier alpha value is -2.47. The first kappa shape index (κ1) is 19.5. The van der Waals surface area contributed by atoms with Gasteiger partial charge in [0.15, 0.2) is 11.4 Å². The van der Waals surface area contributed by atoms with E-state index in [9.17, 15) is 9.18 Å². The third-order valence-electron chi connectivity index (χ3n) is 6.95. The van der Waals surface area contributed by atoms with Crippen LogP contribution in [0.25, 0.3) is 11.0 Å². The summed E-state index contributed by atoms with van der Waals surface area (Å²) in [6.07, 6.45) is 4.53. The zero-order valence-electron chi connectivity index (χ0n) is 17.6. The summed E-state index contributed by atoms with van der Waals surface area (Å²) in [5.74, 6) is 0.720. The lowest BCUT2D eigenvalue weighted by atomic mass is 9.83. The Morgan fingerprint density at radius 1 is 1.27 bits per heavy atom. The number of H-pyrrole nitrogens is 1. The fraction of sp³-hybridized carbons (Fsp3) is 0.500. The van der Waals surface area contributed by atoms with E-state index >= 15 is 0 Å². The number of carbonyl (C=O) groups excluding carboxylic acids is 1. The summed E-state index contributed by atoms with van der Waals surface area (Å²) in [5, 5.41) is 5.17. The number of carbonyl (C=O) groups is 1. The Balaban J connectivity index is 1.23. The molecule has 0 saturated carbocycles. The molecule has 1 N–H and O–H groups in total. The number of halogens is 1. The van der Waals surface area contributed by atoms with Crippen molar-refractivity contribution in [2.24, 2.45) is 5.92 Å². The van der Waals surface area contributed by atoms with Crippen molar-refractivity contribution >= 4 is 16.8 Å². The molecule has 3 heterocycles. The molecule has 1 aliphatic heterocycles. The number of benzene rings is 1. The second-order valence-corrected chi connectivity index (χ2v) is 8.92. The standard InChI is InChI=1S/C24H28FN3O2/c1-3-18-14(2)26-20-10-15(11-21(29)23(18)20)13-28-8-6-16(7-9-28)24-19-5-4-17(25)12-22(19)30-27-24/h4-5,12,15-16,26H,3,6-11,13H2,1-2H3. The number of aryl methyl sites for hydroxylation is 1. The third-order valence-corrected chi connectivity index (χ3v) is 6.95. The highest BCUT2D eigenvalue weighted by Crippen LogP contribution is 2.35. The summed E-state index contributed by atoms with van der Waals surface area (Å²) in [6.45, 7) is 7.13. The Morgan fingerprint density at radius 3 is 2.83 bits per heavy atom. The van der Waals surface area contributed by atoms with Crippen LogP contribution in [0.2, 0.25) is 0 Å². The van der Waals surface area contributed by atoms with Crippen LogP contribution in [0.5, 0.6) is 0 Å². The van der Waals surface area contributed by atoms with E-state index in [4.69, 9.17) is 4.52 Å². The number of fused-ring (bicyclic) bond motifs is 2. The van der Waals surface area contributed by atoms with Crippen molar-refractivity contribution in [3.05, 3.63) is 52.2 Å². The number of piperidine rings is 1. The fourth-order valence-corrected chi connectivity index (χ4v) is 5.50. The first-order valence-electron chi connectivity index (χ1n) is 11.0.